The number of carbonyl (C=O) groups excluding carboxylic acids is 2. The van der Waals surface area contributed by atoms with Gasteiger partial charge in [0.1, 0.15) is 23.8 Å². The van der Waals surface area contributed by atoms with Crippen LogP contribution < -0.4 is 10.1 Å². The highest BCUT2D eigenvalue weighted by Crippen LogP contribution is 2.28. The van der Waals surface area contributed by atoms with Crippen LogP contribution >= 0.6 is 0 Å². The Balaban J connectivity index is 1.66. The number of anilines is 1. The Kier molecular flexibility index (Phi) is 5.66. The van der Waals surface area contributed by atoms with Gasteiger partial charge in [-0.25, -0.2) is 9.18 Å². The van der Waals surface area contributed by atoms with Crippen LogP contribution in [0.1, 0.15) is 26.5 Å². The molecule has 3 aromatic carbocycles. The van der Waals surface area contributed by atoms with E-state index < -0.39 is 17.7 Å². The van der Waals surface area contributed by atoms with E-state index in [1.165, 1.54) is 19.2 Å². The smallest absolute Gasteiger partial charge is 0.337 e. The van der Waals surface area contributed by atoms with E-state index in [0.29, 0.717) is 22.3 Å². The molecule has 0 bridgehead atoms. The summed E-state index contributed by atoms with van der Waals surface area (Å²) in [4.78, 5) is 24.7. The third-order valence-corrected chi connectivity index (χ3v) is 4.67. The summed E-state index contributed by atoms with van der Waals surface area (Å²) in [7, 11) is 1.22. The summed E-state index contributed by atoms with van der Waals surface area (Å²) in [5.41, 5.74) is 0.976. The van der Waals surface area contributed by atoms with E-state index in [2.05, 4.69) is 10.1 Å². The predicted octanol–water partition coefficient (Wildman–Crippen LogP) is 5.19. The number of ether oxygens (including phenoxy) is 2. The van der Waals surface area contributed by atoms with Gasteiger partial charge >= 0.3 is 5.97 Å². The topological polar surface area (TPSA) is 77.8 Å². The number of carbonyl (C=O) groups is 2. The molecule has 0 unspecified atom stereocenters. The first-order valence-electron chi connectivity index (χ1n) is 9.44. The summed E-state index contributed by atoms with van der Waals surface area (Å²) in [6.45, 7) is 0.0778. The number of fused-ring (bicyclic) bond motifs is 1. The minimum absolute atomic E-state index is 0.00000207. The van der Waals surface area contributed by atoms with E-state index in [1.807, 2.05) is 30.3 Å². The average Bonchev–Trinajstić information content (AvgIpc) is 3.18. The monoisotopic (exact) mass is 419 g/mol. The van der Waals surface area contributed by atoms with Gasteiger partial charge in [-0.15, -0.1) is 0 Å². The number of halogens is 1. The van der Waals surface area contributed by atoms with E-state index >= 15 is 0 Å². The van der Waals surface area contributed by atoms with Gasteiger partial charge in [0.15, 0.2) is 5.76 Å². The minimum Gasteiger partial charge on any atom is -0.489 e. The SMILES string of the molecule is COC(=O)c1ccc(F)c(NC(=O)c2oc3ccccc3c2COc2ccccc2)c1. The maximum absolute atomic E-state index is 14.3. The first-order valence-corrected chi connectivity index (χ1v) is 9.44. The highest BCUT2D eigenvalue weighted by atomic mass is 19.1. The molecule has 4 rings (SSSR count). The lowest BCUT2D eigenvalue weighted by atomic mass is 10.1. The zero-order chi connectivity index (χ0) is 21.8. The van der Waals surface area contributed by atoms with Gasteiger partial charge in [0, 0.05) is 10.9 Å². The number of esters is 1. The lowest BCUT2D eigenvalue weighted by molar-refractivity contribution is 0.0600. The van der Waals surface area contributed by atoms with E-state index in [4.69, 9.17) is 9.15 Å². The molecule has 0 aliphatic carbocycles. The number of nitrogens with one attached hydrogen (secondary N) is 1. The second-order valence-electron chi connectivity index (χ2n) is 6.65. The normalized spacial score (nSPS) is 10.6. The lowest BCUT2D eigenvalue weighted by Crippen LogP contribution is -2.15. The predicted molar refractivity (Wildman–Crippen MR) is 113 cm³/mol. The van der Waals surface area contributed by atoms with Gasteiger partial charge in [-0.3, -0.25) is 4.79 Å². The van der Waals surface area contributed by atoms with Crippen LogP contribution in [0.4, 0.5) is 10.1 Å². The van der Waals surface area contributed by atoms with Gasteiger partial charge in [-0.05, 0) is 36.4 Å². The molecule has 1 amide bonds. The van der Waals surface area contributed by atoms with Crippen molar-refractivity contribution in [2.24, 2.45) is 0 Å². The number of benzene rings is 3. The molecule has 0 radical (unpaired) electrons. The van der Waals surface area contributed by atoms with Gasteiger partial charge in [0.2, 0.25) is 0 Å². The van der Waals surface area contributed by atoms with Crippen molar-refractivity contribution in [3.8, 4) is 5.75 Å². The zero-order valence-corrected chi connectivity index (χ0v) is 16.6. The Bertz CT molecular complexity index is 1250. The molecule has 4 aromatic rings. The van der Waals surface area contributed by atoms with Crippen LogP contribution in [0.3, 0.4) is 0 Å². The quantitative estimate of drug-likeness (QED) is 0.435. The summed E-state index contributed by atoms with van der Waals surface area (Å²) in [6, 6.07) is 19.9. The van der Waals surface area contributed by atoms with Crippen LogP contribution in [0.15, 0.2) is 77.2 Å². The Morgan fingerprint density at radius 1 is 1.00 bits per heavy atom. The van der Waals surface area contributed by atoms with Crippen molar-refractivity contribution in [2.45, 2.75) is 6.61 Å². The maximum atomic E-state index is 14.3. The Morgan fingerprint density at radius 3 is 2.52 bits per heavy atom. The molecule has 0 spiro atoms. The molecule has 156 valence electrons. The number of hydrogen-bond donors (Lipinski definition) is 1. The third kappa shape index (κ3) is 4.25. The van der Waals surface area contributed by atoms with Crippen LogP contribution in [0, 0.1) is 5.82 Å². The molecular weight excluding hydrogens is 401 g/mol. The molecule has 31 heavy (non-hydrogen) atoms. The fourth-order valence-electron chi connectivity index (χ4n) is 3.14. The fourth-order valence-corrected chi connectivity index (χ4v) is 3.14. The van der Waals surface area contributed by atoms with Gasteiger partial charge in [0.25, 0.3) is 5.91 Å². The molecule has 1 aromatic heterocycles. The van der Waals surface area contributed by atoms with Crippen LogP contribution in [-0.4, -0.2) is 19.0 Å². The van der Waals surface area contributed by atoms with Crippen molar-refractivity contribution >= 4 is 28.5 Å². The first-order chi connectivity index (χ1) is 15.1. The molecular formula is C24H18FNO5. The lowest BCUT2D eigenvalue weighted by Gasteiger charge is -2.09. The molecule has 0 atom stereocenters. The largest absolute Gasteiger partial charge is 0.489 e. The van der Waals surface area contributed by atoms with Crippen LogP contribution in [0.2, 0.25) is 0 Å². The Morgan fingerprint density at radius 2 is 1.74 bits per heavy atom. The van der Waals surface area contributed by atoms with Crippen LogP contribution in [0.25, 0.3) is 11.0 Å². The number of amides is 1. The number of para-hydroxylation sites is 2. The minimum atomic E-state index is -0.695. The number of methoxy groups -OCH3 is 1. The van der Waals surface area contributed by atoms with Crippen molar-refractivity contribution in [1.29, 1.82) is 0 Å². The standard InChI is InChI=1S/C24H18FNO5/c1-29-24(28)15-11-12-19(25)20(13-15)26-23(27)22-18(14-30-16-7-3-2-4-8-16)17-9-5-6-10-21(17)31-22/h2-13H,14H2,1H3,(H,26,27). The highest BCUT2D eigenvalue weighted by molar-refractivity contribution is 6.07. The van der Waals surface area contributed by atoms with Gasteiger partial charge in [-0.2, -0.15) is 0 Å². The first kappa shape index (κ1) is 20.2. The summed E-state index contributed by atoms with van der Waals surface area (Å²) < 4.78 is 30.5. The van der Waals surface area contributed by atoms with Crippen molar-refractivity contribution in [3.63, 3.8) is 0 Å². The zero-order valence-electron chi connectivity index (χ0n) is 16.6. The van der Waals surface area contributed by atoms with Gasteiger partial charge in [-0.1, -0.05) is 36.4 Å². The van der Waals surface area contributed by atoms with Crippen LogP contribution in [0.5, 0.6) is 5.75 Å². The number of hydrogen-bond acceptors (Lipinski definition) is 5. The second-order valence-corrected chi connectivity index (χ2v) is 6.65. The van der Waals surface area contributed by atoms with E-state index in [1.54, 1.807) is 24.3 Å². The molecule has 1 N–H and O–H groups in total. The van der Waals surface area contributed by atoms with Gasteiger partial charge < -0.3 is 19.2 Å². The molecule has 0 aliphatic heterocycles. The Hall–Kier alpha value is -4.13. The van der Waals surface area contributed by atoms with Crippen molar-refractivity contribution in [2.75, 3.05) is 12.4 Å². The summed E-state index contributed by atoms with van der Waals surface area (Å²) in [6.07, 6.45) is 0. The molecule has 0 aliphatic rings. The highest BCUT2D eigenvalue weighted by Gasteiger charge is 2.22. The third-order valence-electron chi connectivity index (χ3n) is 4.67. The number of furan rings is 1. The van der Waals surface area contributed by atoms with E-state index in [-0.39, 0.29) is 23.6 Å². The Labute approximate surface area is 177 Å². The summed E-state index contributed by atoms with van der Waals surface area (Å²) in [5.74, 6) is -1.37. The molecule has 0 saturated carbocycles. The molecule has 0 saturated heterocycles. The maximum Gasteiger partial charge on any atom is 0.337 e. The van der Waals surface area contributed by atoms with Gasteiger partial charge in [0.05, 0.1) is 18.4 Å². The molecule has 0 fully saturated rings. The molecule has 6 nitrogen and oxygen atoms in total. The molecule has 7 heteroatoms. The van der Waals surface area contributed by atoms with Crippen molar-refractivity contribution in [1.82, 2.24) is 0 Å². The summed E-state index contributed by atoms with van der Waals surface area (Å²) in [5, 5.41) is 3.19. The van der Waals surface area contributed by atoms with E-state index in [0.717, 1.165) is 6.07 Å². The van der Waals surface area contributed by atoms with Crippen molar-refractivity contribution in [3.05, 3.63) is 95.5 Å². The summed E-state index contributed by atoms with van der Waals surface area (Å²) >= 11 is 0. The second kappa shape index (κ2) is 8.71. The van der Waals surface area contributed by atoms with Crippen molar-refractivity contribution < 1.29 is 27.9 Å². The fraction of sp³-hybridized carbons (Fsp3) is 0.0833. The average molecular weight is 419 g/mol. The van der Waals surface area contributed by atoms with E-state index in [9.17, 15) is 14.0 Å². The van der Waals surface area contributed by atoms with Crippen LogP contribution in [-0.2, 0) is 11.3 Å². The molecule has 1 heterocycles. The number of rotatable bonds is 6.